The van der Waals surface area contributed by atoms with Gasteiger partial charge in [-0.2, -0.15) is 0 Å². The lowest BCUT2D eigenvalue weighted by molar-refractivity contribution is -0.140. The highest BCUT2D eigenvalue weighted by Gasteiger charge is 2.37. The molecule has 0 N–H and O–H groups in total. The Kier molecular flexibility index (Phi) is 10.7. The van der Waals surface area contributed by atoms with Crippen LogP contribution in [0.15, 0.2) is 108 Å². The first kappa shape index (κ1) is 39.4. The third kappa shape index (κ3) is 7.54. The van der Waals surface area contributed by atoms with Gasteiger partial charge in [0.2, 0.25) is 0 Å². The fraction of sp³-hybridized carbons (Fsp3) is 0.265. The molecule has 0 bridgehead atoms. The van der Waals surface area contributed by atoms with E-state index in [9.17, 15) is 9.59 Å². The second-order valence-electron chi connectivity index (χ2n) is 15.6. The van der Waals surface area contributed by atoms with E-state index in [4.69, 9.17) is 33.7 Å². The van der Waals surface area contributed by atoms with Gasteiger partial charge >= 0.3 is 5.97 Å². The number of methoxy groups -OCH3 is 3. The summed E-state index contributed by atoms with van der Waals surface area (Å²) in [5, 5.41) is 0. The SMILES string of the molecule is C=C1c2cc(OC)c(OCc3cc(COc4cc5c(cc4OC)C(=O)N4c6ccccc6C[C@H]4C=N5)cc(N(C)CCCC(=O)OC)c3)cc2N=C[C@@H]2Cc3ccccc3N12. The molecule has 1 amide bonds. The van der Waals surface area contributed by atoms with Gasteiger partial charge in [-0.05, 0) is 71.1 Å². The van der Waals surface area contributed by atoms with Gasteiger partial charge in [0.1, 0.15) is 13.2 Å². The Morgan fingerprint density at radius 1 is 0.721 bits per heavy atom. The fourth-order valence-corrected chi connectivity index (χ4v) is 8.67. The minimum absolute atomic E-state index is 0.0671. The van der Waals surface area contributed by atoms with Gasteiger partial charge in [-0.3, -0.25) is 24.5 Å². The van der Waals surface area contributed by atoms with E-state index in [-0.39, 0.29) is 37.2 Å². The van der Waals surface area contributed by atoms with E-state index in [2.05, 4.69) is 52.8 Å². The molecular weight excluding hydrogens is 771 g/mol. The maximum absolute atomic E-state index is 14.0. The maximum atomic E-state index is 14.0. The average molecular weight is 818 g/mol. The van der Waals surface area contributed by atoms with Crippen LogP contribution in [-0.4, -0.2) is 71.3 Å². The Balaban J connectivity index is 0.973. The predicted octanol–water partition coefficient (Wildman–Crippen LogP) is 8.66. The lowest BCUT2D eigenvalue weighted by Crippen LogP contribution is -2.37. The predicted molar refractivity (Wildman–Crippen MR) is 238 cm³/mol. The summed E-state index contributed by atoms with van der Waals surface area (Å²) >= 11 is 0. The topological polar surface area (TPSA) is 115 Å². The second-order valence-corrected chi connectivity index (χ2v) is 15.6. The molecular formula is C49H47N5O7. The summed E-state index contributed by atoms with van der Waals surface area (Å²) in [5.41, 5.74) is 10.6. The van der Waals surface area contributed by atoms with Crippen LogP contribution in [0.3, 0.4) is 0 Å². The highest BCUT2D eigenvalue weighted by molar-refractivity contribution is 6.14. The third-order valence-corrected chi connectivity index (χ3v) is 11.8. The molecule has 5 aromatic carbocycles. The van der Waals surface area contributed by atoms with Crippen molar-refractivity contribution in [3.8, 4) is 23.0 Å². The second kappa shape index (κ2) is 16.5. The number of carbonyl (C=O) groups is 2. The first-order chi connectivity index (χ1) is 29.7. The van der Waals surface area contributed by atoms with Crippen molar-refractivity contribution in [2.75, 3.05) is 49.6 Å². The van der Waals surface area contributed by atoms with E-state index in [1.54, 1.807) is 26.4 Å². The molecule has 0 aliphatic carbocycles. The quantitative estimate of drug-likeness (QED) is 0.108. The Hall–Kier alpha value is -7.08. The van der Waals surface area contributed by atoms with Gasteiger partial charge < -0.3 is 33.5 Å². The largest absolute Gasteiger partial charge is 0.493 e. The van der Waals surface area contributed by atoms with E-state index < -0.39 is 0 Å². The molecule has 0 spiro atoms. The van der Waals surface area contributed by atoms with E-state index in [0.717, 1.165) is 57.1 Å². The molecule has 12 heteroatoms. The van der Waals surface area contributed by atoms with Crippen molar-refractivity contribution in [3.05, 3.63) is 131 Å². The fourth-order valence-electron chi connectivity index (χ4n) is 8.67. The number of carbonyl (C=O) groups excluding carboxylic acids is 2. The van der Waals surface area contributed by atoms with Gasteiger partial charge in [-0.25, -0.2) is 0 Å². The van der Waals surface area contributed by atoms with Crippen LogP contribution in [0.2, 0.25) is 0 Å². The molecule has 9 rings (SSSR count). The molecule has 12 nitrogen and oxygen atoms in total. The van der Waals surface area contributed by atoms with Crippen molar-refractivity contribution in [2.24, 2.45) is 9.98 Å². The summed E-state index contributed by atoms with van der Waals surface area (Å²) in [5.74, 6) is 1.64. The number of rotatable bonds is 13. The molecule has 0 saturated heterocycles. The van der Waals surface area contributed by atoms with Crippen molar-refractivity contribution in [3.63, 3.8) is 0 Å². The number of hydrogen-bond acceptors (Lipinski definition) is 11. The van der Waals surface area contributed by atoms with Gasteiger partial charge in [0.15, 0.2) is 23.0 Å². The monoisotopic (exact) mass is 817 g/mol. The van der Waals surface area contributed by atoms with Crippen molar-refractivity contribution in [2.45, 2.75) is 51.0 Å². The molecule has 4 heterocycles. The van der Waals surface area contributed by atoms with Crippen LogP contribution in [0.25, 0.3) is 5.70 Å². The number of fused-ring (bicyclic) bond motifs is 8. The summed E-state index contributed by atoms with van der Waals surface area (Å²) in [6, 6.07) is 29.8. The van der Waals surface area contributed by atoms with E-state index in [1.807, 2.05) is 66.8 Å². The van der Waals surface area contributed by atoms with Crippen molar-refractivity contribution < 1.29 is 33.3 Å². The van der Waals surface area contributed by atoms with Gasteiger partial charge in [-0.1, -0.05) is 43.0 Å². The number of anilines is 3. The normalized spacial score (nSPS) is 16.7. The van der Waals surface area contributed by atoms with Crippen LogP contribution in [-0.2, 0) is 35.6 Å². The average Bonchev–Trinajstić information content (AvgIpc) is 3.78. The number of ether oxygens (including phenoxy) is 5. The van der Waals surface area contributed by atoms with Gasteiger partial charge in [0.05, 0.1) is 50.4 Å². The molecule has 0 radical (unpaired) electrons. The van der Waals surface area contributed by atoms with Crippen molar-refractivity contribution in [1.82, 2.24) is 0 Å². The molecule has 310 valence electrons. The van der Waals surface area contributed by atoms with Crippen LogP contribution in [0.1, 0.15) is 51.0 Å². The zero-order valence-corrected chi connectivity index (χ0v) is 34.7. The summed E-state index contributed by atoms with van der Waals surface area (Å²) in [6.07, 6.45) is 6.32. The molecule has 5 aromatic rings. The number of amides is 1. The minimum Gasteiger partial charge on any atom is -0.493 e. The zero-order chi connectivity index (χ0) is 42.2. The highest BCUT2D eigenvalue weighted by Crippen LogP contribution is 2.46. The van der Waals surface area contributed by atoms with Crippen LogP contribution in [0.4, 0.5) is 28.4 Å². The van der Waals surface area contributed by atoms with E-state index >= 15 is 0 Å². The summed E-state index contributed by atoms with van der Waals surface area (Å²) in [6.45, 7) is 5.53. The summed E-state index contributed by atoms with van der Waals surface area (Å²) in [7, 11) is 6.58. The van der Waals surface area contributed by atoms with Gasteiger partial charge in [-0.15, -0.1) is 0 Å². The number of esters is 1. The van der Waals surface area contributed by atoms with Gasteiger partial charge in [0, 0.05) is 85.7 Å². The molecule has 4 aliphatic rings. The van der Waals surface area contributed by atoms with Crippen molar-refractivity contribution in [1.29, 1.82) is 0 Å². The van der Waals surface area contributed by atoms with Crippen molar-refractivity contribution >= 4 is 58.4 Å². The Morgan fingerprint density at radius 2 is 1.26 bits per heavy atom. The lowest BCUT2D eigenvalue weighted by Gasteiger charge is -2.26. The number of benzene rings is 5. The number of aliphatic imine (C=N–C) groups is 2. The summed E-state index contributed by atoms with van der Waals surface area (Å²) in [4.78, 5) is 41.7. The summed E-state index contributed by atoms with van der Waals surface area (Å²) < 4.78 is 29.5. The molecule has 0 aromatic heterocycles. The lowest BCUT2D eigenvalue weighted by atomic mass is 10.1. The molecule has 0 unspecified atom stereocenters. The zero-order valence-electron chi connectivity index (χ0n) is 34.7. The Bertz CT molecular complexity index is 2460. The van der Waals surface area contributed by atoms with E-state index in [0.29, 0.717) is 60.1 Å². The molecule has 4 aliphatic heterocycles. The van der Waals surface area contributed by atoms with Crippen LogP contribution >= 0.6 is 0 Å². The smallest absolute Gasteiger partial charge is 0.305 e. The van der Waals surface area contributed by atoms with Crippen LogP contribution in [0, 0.1) is 0 Å². The minimum atomic E-state index is -0.247. The molecule has 61 heavy (non-hydrogen) atoms. The number of hydrogen-bond donors (Lipinski definition) is 0. The number of para-hydroxylation sites is 2. The van der Waals surface area contributed by atoms with Gasteiger partial charge in [0.25, 0.3) is 5.91 Å². The third-order valence-electron chi connectivity index (χ3n) is 11.8. The Morgan fingerprint density at radius 3 is 1.85 bits per heavy atom. The Labute approximate surface area is 355 Å². The first-order valence-corrected chi connectivity index (χ1v) is 20.4. The molecule has 0 fully saturated rings. The highest BCUT2D eigenvalue weighted by atomic mass is 16.5. The number of nitrogens with zero attached hydrogens (tertiary/aromatic N) is 5. The standard InChI is InChI=1S/C49H47N5O7/c1-30-38-22-44(57-3)46(24-40(38)50-26-36-20-33-11-6-8-13-42(33)53(30)36)60-28-31-17-32(19-35(18-31)52(2)16-10-15-48(55)59-5)29-61-47-25-41-39(23-45(47)58-4)49(56)54-37(27-51-41)21-34-12-7-9-14-43(34)54/h6-9,11-14,17-19,22-27,36-37H,1,10,15-16,20-21,28-29H2,2-5H3/t36-,37-/m0/s1. The first-order valence-electron chi connectivity index (χ1n) is 20.4. The maximum Gasteiger partial charge on any atom is 0.305 e. The van der Waals surface area contributed by atoms with Crippen LogP contribution < -0.4 is 33.6 Å². The van der Waals surface area contributed by atoms with E-state index in [1.165, 1.54) is 12.7 Å². The molecule has 2 atom stereocenters. The van der Waals surface area contributed by atoms with Crippen LogP contribution in [0.5, 0.6) is 23.0 Å². The molecule has 0 saturated carbocycles.